The number of alkyl halides is 3. The van der Waals surface area contributed by atoms with Crippen molar-refractivity contribution in [2.45, 2.75) is 25.6 Å². The van der Waals surface area contributed by atoms with E-state index in [4.69, 9.17) is 16.9 Å². The Morgan fingerprint density at radius 3 is 2.46 bits per heavy atom. The van der Waals surface area contributed by atoms with E-state index in [1.807, 2.05) is 6.92 Å². The molecule has 2 aromatic heterocycles. The first-order valence-corrected chi connectivity index (χ1v) is 10.2. The SMILES string of the molecule is CCC(Nc1ncnc(N)c1C(=N)c1cnc(C(F)(F)F)nc1)C(C=Nc1ccccc1F)=CN. The van der Waals surface area contributed by atoms with Crippen LogP contribution in [0.3, 0.4) is 0 Å². The number of anilines is 2. The van der Waals surface area contributed by atoms with Crippen molar-refractivity contribution in [2.24, 2.45) is 10.7 Å². The van der Waals surface area contributed by atoms with Crippen LogP contribution in [-0.4, -0.2) is 37.9 Å². The Bertz CT molecular complexity index is 1250. The van der Waals surface area contributed by atoms with E-state index in [9.17, 15) is 17.6 Å². The Morgan fingerprint density at radius 1 is 1.17 bits per heavy atom. The van der Waals surface area contributed by atoms with Crippen LogP contribution in [-0.2, 0) is 6.18 Å². The van der Waals surface area contributed by atoms with E-state index >= 15 is 0 Å². The fourth-order valence-electron chi connectivity index (χ4n) is 3.04. The first-order chi connectivity index (χ1) is 16.7. The third kappa shape index (κ3) is 5.93. The Morgan fingerprint density at radius 2 is 1.86 bits per heavy atom. The van der Waals surface area contributed by atoms with Crippen molar-refractivity contribution in [3.63, 3.8) is 0 Å². The second kappa shape index (κ2) is 10.7. The van der Waals surface area contributed by atoms with Crippen LogP contribution in [0.5, 0.6) is 0 Å². The Labute approximate surface area is 197 Å². The van der Waals surface area contributed by atoms with Gasteiger partial charge in [0, 0.05) is 35.9 Å². The van der Waals surface area contributed by atoms with E-state index in [0.29, 0.717) is 12.0 Å². The van der Waals surface area contributed by atoms with E-state index in [1.54, 1.807) is 12.1 Å². The molecule has 1 atom stereocenters. The minimum atomic E-state index is -4.72. The summed E-state index contributed by atoms with van der Waals surface area (Å²) in [6.07, 6.45) is 1.38. The summed E-state index contributed by atoms with van der Waals surface area (Å²) >= 11 is 0. The molecule has 0 aliphatic carbocycles. The van der Waals surface area contributed by atoms with E-state index in [0.717, 1.165) is 12.4 Å². The number of hydrogen-bond acceptors (Lipinski definition) is 9. The van der Waals surface area contributed by atoms with Crippen molar-refractivity contribution in [1.82, 2.24) is 19.9 Å². The Hall–Kier alpha value is -4.42. The number of nitrogens with two attached hydrogens (primary N) is 2. The highest BCUT2D eigenvalue weighted by Gasteiger charge is 2.34. The highest BCUT2D eigenvalue weighted by molar-refractivity contribution is 6.16. The van der Waals surface area contributed by atoms with Crippen LogP contribution in [0.15, 0.2) is 59.8 Å². The van der Waals surface area contributed by atoms with Gasteiger partial charge in [-0.3, -0.25) is 10.4 Å². The predicted octanol–water partition coefficient (Wildman–Crippen LogP) is 3.86. The maximum Gasteiger partial charge on any atom is 0.451 e. The Kier molecular flexibility index (Phi) is 7.69. The molecule has 182 valence electrons. The highest BCUT2D eigenvalue weighted by Crippen LogP contribution is 2.27. The summed E-state index contributed by atoms with van der Waals surface area (Å²) < 4.78 is 52.2. The molecular weight excluding hydrogens is 466 g/mol. The molecule has 6 N–H and O–H groups in total. The molecule has 1 aromatic carbocycles. The lowest BCUT2D eigenvalue weighted by Crippen LogP contribution is -2.26. The number of nitrogens with one attached hydrogen (secondary N) is 2. The van der Waals surface area contributed by atoms with Crippen molar-refractivity contribution in [1.29, 1.82) is 5.41 Å². The van der Waals surface area contributed by atoms with Gasteiger partial charge in [0.05, 0.1) is 23.0 Å². The van der Waals surface area contributed by atoms with E-state index in [2.05, 4.69) is 30.2 Å². The van der Waals surface area contributed by atoms with Gasteiger partial charge in [-0.25, -0.2) is 24.3 Å². The van der Waals surface area contributed by atoms with Gasteiger partial charge in [-0.1, -0.05) is 19.1 Å². The zero-order valence-electron chi connectivity index (χ0n) is 18.4. The fourth-order valence-corrected chi connectivity index (χ4v) is 3.04. The minimum Gasteiger partial charge on any atom is -0.404 e. The minimum absolute atomic E-state index is 0.0219. The van der Waals surface area contributed by atoms with Gasteiger partial charge in [0.1, 0.15) is 23.8 Å². The van der Waals surface area contributed by atoms with Crippen LogP contribution < -0.4 is 16.8 Å². The van der Waals surface area contributed by atoms with Crippen LogP contribution in [0.1, 0.15) is 30.3 Å². The first-order valence-electron chi connectivity index (χ1n) is 10.2. The van der Waals surface area contributed by atoms with E-state index < -0.39 is 23.9 Å². The standard InChI is InChI=1S/C22H21F4N9/c1-2-15(12(7-27)8-30-16-6-4-3-5-14(16)23)35-20-17(19(29)33-11-34-20)18(28)13-9-31-21(32-10-13)22(24,25)26/h3-11,15,28H,2,27H2,1H3,(H3,29,33,34,35). The maximum absolute atomic E-state index is 13.9. The average Bonchev–Trinajstić information content (AvgIpc) is 2.84. The predicted molar refractivity (Wildman–Crippen MR) is 124 cm³/mol. The molecule has 0 bridgehead atoms. The van der Waals surface area contributed by atoms with Crippen molar-refractivity contribution >= 4 is 29.2 Å². The molecule has 0 amide bonds. The molecule has 0 saturated carbocycles. The van der Waals surface area contributed by atoms with Crippen molar-refractivity contribution in [3.05, 3.63) is 77.5 Å². The summed E-state index contributed by atoms with van der Waals surface area (Å²) in [5.41, 5.74) is 12.1. The lowest BCUT2D eigenvalue weighted by Gasteiger charge is -2.21. The number of rotatable bonds is 8. The molecule has 2 heterocycles. The molecule has 0 radical (unpaired) electrons. The molecule has 0 aliphatic heterocycles. The van der Waals surface area contributed by atoms with Gasteiger partial charge in [-0.15, -0.1) is 0 Å². The third-order valence-corrected chi connectivity index (χ3v) is 4.84. The molecule has 0 fully saturated rings. The van der Waals surface area contributed by atoms with Crippen LogP contribution in [0.25, 0.3) is 0 Å². The number of hydrogen-bond donors (Lipinski definition) is 4. The lowest BCUT2D eigenvalue weighted by atomic mass is 10.0. The van der Waals surface area contributed by atoms with Crippen LogP contribution in [0.2, 0.25) is 0 Å². The number of nitrogens with zero attached hydrogens (tertiary/aromatic N) is 5. The number of para-hydroxylation sites is 1. The normalized spacial score (nSPS) is 13.1. The monoisotopic (exact) mass is 487 g/mol. The van der Waals surface area contributed by atoms with Crippen LogP contribution in [0, 0.1) is 11.2 Å². The van der Waals surface area contributed by atoms with Crippen molar-refractivity contribution in [2.75, 3.05) is 11.1 Å². The zero-order valence-corrected chi connectivity index (χ0v) is 18.4. The van der Waals surface area contributed by atoms with Gasteiger partial charge < -0.3 is 16.8 Å². The van der Waals surface area contributed by atoms with Crippen molar-refractivity contribution in [3.8, 4) is 0 Å². The molecular formula is C22H21F4N9. The molecule has 9 nitrogen and oxygen atoms in total. The van der Waals surface area contributed by atoms with Crippen LogP contribution in [0.4, 0.5) is 34.9 Å². The first kappa shape index (κ1) is 25.2. The molecule has 1 unspecified atom stereocenters. The van der Waals surface area contributed by atoms with E-state index in [-0.39, 0.29) is 34.2 Å². The van der Waals surface area contributed by atoms with Crippen molar-refractivity contribution < 1.29 is 17.6 Å². The largest absolute Gasteiger partial charge is 0.451 e. The number of nitrogen functional groups attached to an aromatic ring is 1. The molecule has 13 heteroatoms. The molecule has 0 saturated heterocycles. The molecule has 3 aromatic rings. The number of aliphatic imine (C=N–C) groups is 1. The number of aromatic nitrogens is 4. The van der Waals surface area contributed by atoms with E-state index in [1.165, 1.54) is 30.9 Å². The summed E-state index contributed by atoms with van der Waals surface area (Å²) in [5, 5.41) is 11.6. The van der Waals surface area contributed by atoms with Gasteiger partial charge in [0.15, 0.2) is 0 Å². The summed E-state index contributed by atoms with van der Waals surface area (Å²) in [6, 6.07) is 5.48. The van der Waals surface area contributed by atoms with Gasteiger partial charge in [0.2, 0.25) is 5.82 Å². The van der Waals surface area contributed by atoms with Crippen LogP contribution >= 0.6 is 0 Å². The lowest BCUT2D eigenvalue weighted by molar-refractivity contribution is -0.145. The van der Waals surface area contributed by atoms with Gasteiger partial charge in [-0.2, -0.15) is 13.2 Å². The summed E-state index contributed by atoms with van der Waals surface area (Å²) in [6.45, 7) is 1.84. The highest BCUT2D eigenvalue weighted by atomic mass is 19.4. The fraction of sp³-hybridized carbons (Fsp3) is 0.182. The summed E-state index contributed by atoms with van der Waals surface area (Å²) in [4.78, 5) is 18.7. The smallest absolute Gasteiger partial charge is 0.404 e. The quantitative estimate of drug-likeness (QED) is 0.278. The molecule has 0 spiro atoms. The molecule has 35 heavy (non-hydrogen) atoms. The second-order valence-electron chi connectivity index (χ2n) is 7.13. The molecule has 0 aliphatic rings. The number of halogens is 4. The zero-order chi connectivity index (χ0) is 25.6. The van der Waals surface area contributed by atoms with Gasteiger partial charge >= 0.3 is 6.18 Å². The number of benzene rings is 1. The summed E-state index contributed by atoms with van der Waals surface area (Å²) in [7, 11) is 0. The second-order valence-corrected chi connectivity index (χ2v) is 7.13. The van der Waals surface area contributed by atoms with Gasteiger partial charge in [-0.05, 0) is 18.6 Å². The average molecular weight is 487 g/mol. The topological polar surface area (TPSA) is 152 Å². The van der Waals surface area contributed by atoms with Gasteiger partial charge in [0.25, 0.3) is 0 Å². The third-order valence-electron chi connectivity index (χ3n) is 4.84. The summed E-state index contributed by atoms with van der Waals surface area (Å²) in [5.74, 6) is -1.78. The maximum atomic E-state index is 13.9. The Balaban J connectivity index is 1.90. The molecule has 3 rings (SSSR count).